The summed E-state index contributed by atoms with van der Waals surface area (Å²) in [6, 6.07) is 13.7. The van der Waals surface area contributed by atoms with Gasteiger partial charge < -0.3 is 18.9 Å². The van der Waals surface area contributed by atoms with E-state index in [1.165, 1.54) is 19.1 Å². The smallest absolute Gasteiger partial charge is 0.420 e. The molecule has 0 radical (unpaired) electrons. The molecule has 0 spiro atoms. The Balaban J connectivity index is 1.53. The summed E-state index contributed by atoms with van der Waals surface area (Å²) in [5.41, 5.74) is -0.253. The Morgan fingerprint density at radius 3 is 2.46 bits per heavy atom. The molecule has 0 amide bonds. The first-order valence-electron chi connectivity index (χ1n) is 20.1. The molecule has 0 saturated heterocycles. The van der Waals surface area contributed by atoms with Crippen LogP contribution < -0.4 is 4.74 Å². The van der Waals surface area contributed by atoms with Crippen molar-refractivity contribution >= 4 is 45.0 Å². The number of carbonyl (C=O) groups is 3. The van der Waals surface area contributed by atoms with Crippen LogP contribution in [0.2, 0.25) is 0 Å². The molecule has 6 rings (SSSR count). The van der Waals surface area contributed by atoms with Gasteiger partial charge in [-0.15, -0.1) is 0 Å². The summed E-state index contributed by atoms with van der Waals surface area (Å²) in [6.45, 7) is 11.9. The molecule has 1 atom stereocenters. The zero-order valence-electron chi connectivity index (χ0n) is 35.3. The van der Waals surface area contributed by atoms with E-state index in [9.17, 15) is 22.8 Å². The van der Waals surface area contributed by atoms with E-state index in [1.54, 1.807) is 58.5 Å². The van der Waals surface area contributed by atoms with Crippen LogP contribution >= 0.6 is 0 Å². The van der Waals surface area contributed by atoms with Crippen molar-refractivity contribution in [2.24, 2.45) is 5.41 Å². The lowest BCUT2D eigenvalue weighted by atomic mass is 9.87. The number of aryl methyl sites for hydroxylation is 1. The summed E-state index contributed by atoms with van der Waals surface area (Å²) in [4.78, 5) is 42.6. The summed E-state index contributed by atoms with van der Waals surface area (Å²) in [5.74, 6) is -4.28. The lowest BCUT2D eigenvalue weighted by Crippen LogP contribution is -2.28. The number of hydrogen-bond donors (Lipinski definition) is 0. The van der Waals surface area contributed by atoms with E-state index >= 15 is 8.78 Å². The van der Waals surface area contributed by atoms with Gasteiger partial charge in [-0.25, -0.2) is 36.3 Å². The van der Waals surface area contributed by atoms with Crippen molar-refractivity contribution in [3.8, 4) is 22.8 Å². The maximum atomic E-state index is 16.5. The van der Waals surface area contributed by atoms with Gasteiger partial charge in [0.25, 0.3) is 0 Å². The molecule has 1 unspecified atom stereocenters. The molecule has 3 heterocycles. The third-order valence-electron chi connectivity index (χ3n) is 9.99. The second kappa shape index (κ2) is 18.0. The lowest BCUT2D eigenvalue weighted by Gasteiger charge is -2.26. The molecule has 1 aliphatic heterocycles. The van der Waals surface area contributed by atoms with Crippen molar-refractivity contribution in [2.45, 2.75) is 92.2 Å². The van der Waals surface area contributed by atoms with Crippen LogP contribution in [-0.2, 0) is 40.1 Å². The fraction of sp³-hybridized carbons (Fsp3) is 0.400. The standard InChI is InChI=1S/C45H50F2N4O9S/c1-8-57-39(52)18-15-28-12-10-13-29(22-28)36-14-11-20-45(6,7)26-61(55,56)38(42(53)58-9-2)24-32-40-37(50(27-48-40)43(54)60-44(3,4)5)25-34(47)41(32)59-30-16-17-33(46)31(23-30)35-19-21-51(36)49-35/h10,12-13,16-17,19,21-25,27,36H,8-9,11,14-15,18,20,26H2,1-7H3/b38-24-. The average Bonchev–Trinajstić information content (AvgIpc) is 3.83. The maximum Gasteiger partial charge on any atom is 0.420 e. The van der Waals surface area contributed by atoms with Crippen molar-refractivity contribution in [3.63, 3.8) is 0 Å². The molecule has 2 aromatic heterocycles. The second-order valence-corrected chi connectivity index (χ2v) is 18.6. The Hall–Kier alpha value is -5.90. The van der Waals surface area contributed by atoms with Gasteiger partial charge in [0, 0.05) is 29.8 Å². The monoisotopic (exact) mass is 860 g/mol. The Labute approximate surface area is 353 Å². The third kappa shape index (κ3) is 10.5. The molecule has 16 heteroatoms. The molecular weight excluding hydrogens is 811 g/mol. The number of fused-ring (bicyclic) bond motifs is 8. The van der Waals surface area contributed by atoms with Gasteiger partial charge in [-0.3, -0.25) is 9.48 Å². The zero-order valence-corrected chi connectivity index (χ0v) is 36.1. The first-order valence-corrected chi connectivity index (χ1v) is 21.8. The fourth-order valence-corrected chi connectivity index (χ4v) is 9.23. The predicted molar refractivity (Wildman–Crippen MR) is 225 cm³/mol. The normalized spacial score (nSPS) is 17.5. The minimum Gasteiger partial charge on any atom is -0.466 e. The van der Waals surface area contributed by atoms with Gasteiger partial charge in [-0.05, 0) is 101 Å². The molecule has 61 heavy (non-hydrogen) atoms. The van der Waals surface area contributed by atoms with Crippen LogP contribution in [0.5, 0.6) is 11.5 Å². The molecule has 3 aromatic carbocycles. The highest BCUT2D eigenvalue weighted by atomic mass is 32.2. The number of carbonyl (C=O) groups excluding carboxylic acids is 3. The van der Waals surface area contributed by atoms with Gasteiger partial charge in [0.2, 0.25) is 0 Å². The molecule has 13 nitrogen and oxygen atoms in total. The van der Waals surface area contributed by atoms with Gasteiger partial charge in [0.1, 0.15) is 29.0 Å². The number of ether oxygens (including phenoxy) is 4. The fourth-order valence-electron chi connectivity index (χ4n) is 7.29. The van der Waals surface area contributed by atoms with Crippen LogP contribution in [0, 0.1) is 17.0 Å². The van der Waals surface area contributed by atoms with E-state index in [2.05, 4.69) is 4.98 Å². The molecule has 0 saturated carbocycles. The maximum absolute atomic E-state index is 16.5. The summed E-state index contributed by atoms with van der Waals surface area (Å²) < 4.78 is 85.9. The number of halogens is 2. The number of sulfone groups is 1. The van der Waals surface area contributed by atoms with Gasteiger partial charge in [-0.1, -0.05) is 44.5 Å². The van der Waals surface area contributed by atoms with Crippen molar-refractivity contribution in [1.29, 1.82) is 0 Å². The first kappa shape index (κ1) is 44.6. The highest BCUT2D eigenvalue weighted by Gasteiger charge is 2.35. The SMILES string of the molecule is CCOC(=O)CCc1cccc(C2CCCC(C)(C)CS(=O)(=O)/C(C(=O)OCC)=C\c3c(c(F)cc4c3ncn4C(=O)OC(C)(C)C)Oc3ccc(F)c(c3)-c3ccn2n3)c1. The average molecular weight is 861 g/mol. The number of esters is 2. The largest absolute Gasteiger partial charge is 0.466 e. The van der Waals surface area contributed by atoms with Crippen molar-refractivity contribution in [1.82, 2.24) is 19.3 Å². The van der Waals surface area contributed by atoms with Crippen molar-refractivity contribution in [2.75, 3.05) is 19.0 Å². The van der Waals surface area contributed by atoms with E-state index in [1.807, 2.05) is 24.3 Å². The molecule has 5 aromatic rings. The second-order valence-electron chi connectivity index (χ2n) is 16.6. The molecule has 0 N–H and O–H groups in total. The van der Waals surface area contributed by atoms with E-state index < -0.39 is 61.0 Å². The number of nitrogens with zero attached hydrogens (tertiary/aromatic N) is 4. The zero-order chi connectivity index (χ0) is 44.3. The minimum atomic E-state index is -4.49. The van der Waals surface area contributed by atoms with Crippen LogP contribution in [0.1, 0.15) is 96.9 Å². The summed E-state index contributed by atoms with van der Waals surface area (Å²) in [6.07, 6.45) is 4.91. The Morgan fingerprint density at radius 2 is 1.74 bits per heavy atom. The third-order valence-corrected chi connectivity index (χ3v) is 12.1. The summed E-state index contributed by atoms with van der Waals surface area (Å²) >= 11 is 0. The van der Waals surface area contributed by atoms with Crippen LogP contribution in [0.25, 0.3) is 28.4 Å². The van der Waals surface area contributed by atoms with Crippen molar-refractivity contribution in [3.05, 3.63) is 100 Å². The molecule has 0 fully saturated rings. The van der Waals surface area contributed by atoms with Crippen LogP contribution in [-0.4, -0.2) is 70.3 Å². The Bertz CT molecular complexity index is 2610. The molecular formula is C45H50F2N4O9S. The quantitative estimate of drug-likeness (QED) is 0.113. The van der Waals surface area contributed by atoms with E-state index in [0.717, 1.165) is 40.2 Å². The molecule has 324 valence electrons. The first-order chi connectivity index (χ1) is 28.8. The highest BCUT2D eigenvalue weighted by molar-refractivity contribution is 7.96. The Kier molecular flexibility index (Phi) is 13.2. The minimum absolute atomic E-state index is 0.0306. The van der Waals surface area contributed by atoms with E-state index in [4.69, 9.17) is 24.0 Å². The van der Waals surface area contributed by atoms with Crippen LogP contribution in [0.15, 0.2) is 72.0 Å². The summed E-state index contributed by atoms with van der Waals surface area (Å²) in [7, 11) is -4.49. The number of benzene rings is 3. The van der Waals surface area contributed by atoms with Gasteiger partial charge in [-0.2, -0.15) is 5.10 Å². The lowest BCUT2D eigenvalue weighted by molar-refractivity contribution is -0.143. The Morgan fingerprint density at radius 1 is 0.984 bits per heavy atom. The number of aromatic nitrogens is 4. The molecule has 1 aliphatic rings. The van der Waals surface area contributed by atoms with Crippen molar-refractivity contribution < 1.29 is 50.5 Å². The van der Waals surface area contributed by atoms with E-state index in [0.29, 0.717) is 25.7 Å². The topological polar surface area (TPSA) is 158 Å². The number of rotatable bonds is 7. The number of hydrogen-bond acceptors (Lipinski definition) is 11. The molecule has 4 bridgehead atoms. The predicted octanol–water partition coefficient (Wildman–Crippen LogP) is 9.37. The van der Waals surface area contributed by atoms with Crippen LogP contribution in [0.4, 0.5) is 13.6 Å². The molecule has 0 aliphatic carbocycles. The van der Waals surface area contributed by atoms with Gasteiger partial charge >= 0.3 is 18.0 Å². The van der Waals surface area contributed by atoms with Gasteiger partial charge in [0.05, 0.1) is 36.2 Å². The summed E-state index contributed by atoms with van der Waals surface area (Å²) in [5, 5.41) is 4.81. The highest BCUT2D eigenvalue weighted by Crippen LogP contribution is 2.40. The van der Waals surface area contributed by atoms with Crippen LogP contribution in [0.3, 0.4) is 0 Å². The van der Waals surface area contributed by atoms with Gasteiger partial charge in [0.15, 0.2) is 26.3 Å². The number of imidazole rings is 1. The van der Waals surface area contributed by atoms with E-state index in [-0.39, 0.29) is 65.2 Å².